The van der Waals surface area contributed by atoms with Crippen molar-refractivity contribution in [3.8, 4) is 5.75 Å². The van der Waals surface area contributed by atoms with E-state index in [2.05, 4.69) is 28.2 Å². The van der Waals surface area contributed by atoms with Crippen molar-refractivity contribution in [1.29, 1.82) is 0 Å². The highest BCUT2D eigenvalue weighted by atomic mass is 79.9. The zero-order valence-electron chi connectivity index (χ0n) is 17.3. The molecule has 0 aliphatic rings. The number of unbranched alkanes of at least 4 members (excludes halogenated alkanes) is 1. The number of amides is 2. The van der Waals surface area contributed by atoms with Crippen LogP contribution in [0.25, 0.3) is 0 Å². The van der Waals surface area contributed by atoms with Gasteiger partial charge in [0.2, 0.25) is 5.91 Å². The lowest BCUT2D eigenvalue weighted by molar-refractivity contribution is -0.142. The van der Waals surface area contributed by atoms with Gasteiger partial charge in [0.25, 0.3) is 5.91 Å². The van der Waals surface area contributed by atoms with Crippen LogP contribution < -0.4 is 10.1 Å². The molecule has 29 heavy (non-hydrogen) atoms. The van der Waals surface area contributed by atoms with E-state index < -0.39 is 6.04 Å². The first-order chi connectivity index (χ1) is 13.9. The van der Waals surface area contributed by atoms with Gasteiger partial charge in [0.05, 0.1) is 0 Å². The summed E-state index contributed by atoms with van der Waals surface area (Å²) in [6.45, 7) is 6.58. The zero-order valence-corrected chi connectivity index (χ0v) is 18.9. The Hall–Kier alpha value is -2.34. The van der Waals surface area contributed by atoms with Crippen molar-refractivity contribution in [3.05, 3.63) is 64.1 Å². The molecule has 0 heterocycles. The van der Waals surface area contributed by atoms with Gasteiger partial charge in [-0.2, -0.15) is 0 Å². The maximum Gasteiger partial charge on any atom is 0.261 e. The Balaban J connectivity index is 2.12. The van der Waals surface area contributed by atoms with E-state index in [0.717, 1.165) is 28.4 Å². The molecule has 0 unspecified atom stereocenters. The molecule has 156 valence electrons. The summed E-state index contributed by atoms with van der Waals surface area (Å²) in [5.74, 6) is 0.285. The molecule has 0 spiro atoms. The Morgan fingerprint density at radius 3 is 2.62 bits per heavy atom. The highest BCUT2D eigenvalue weighted by Crippen LogP contribution is 2.18. The Bertz CT molecular complexity index is 825. The van der Waals surface area contributed by atoms with Crippen LogP contribution in [0.5, 0.6) is 5.75 Å². The standard InChI is InChI=1S/C23H29BrN2O3/c1-4-5-13-25-23(28)18(3)26(15-19-10-8-11-20(24)14-19)22(27)16-29-21-12-7-6-9-17(21)2/h6-12,14,18H,4-5,13,15-16H2,1-3H3,(H,25,28)/t18-/m1/s1. The van der Waals surface area contributed by atoms with Gasteiger partial charge in [-0.25, -0.2) is 0 Å². The number of para-hydroxylation sites is 1. The number of hydrogen-bond donors (Lipinski definition) is 1. The number of nitrogens with zero attached hydrogens (tertiary/aromatic N) is 1. The van der Waals surface area contributed by atoms with Crippen LogP contribution in [0.4, 0.5) is 0 Å². The largest absolute Gasteiger partial charge is 0.484 e. The van der Waals surface area contributed by atoms with Gasteiger partial charge in [0.15, 0.2) is 6.61 Å². The normalized spacial score (nSPS) is 11.6. The van der Waals surface area contributed by atoms with Gasteiger partial charge in [-0.05, 0) is 49.6 Å². The average Bonchev–Trinajstić information content (AvgIpc) is 2.71. The van der Waals surface area contributed by atoms with Crippen molar-refractivity contribution in [2.45, 2.75) is 46.2 Å². The Labute approximate surface area is 181 Å². The lowest BCUT2D eigenvalue weighted by Gasteiger charge is -2.29. The van der Waals surface area contributed by atoms with Crippen LogP contribution >= 0.6 is 15.9 Å². The summed E-state index contributed by atoms with van der Waals surface area (Å²) in [6, 6.07) is 14.7. The van der Waals surface area contributed by atoms with Crippen LogP contribution in [0.15, 0.2) is 53.0 Å². The minimum atomic E-state index is -0.598. The molecule has 0 bridgehead atoms. The smallest absolute Gasteiger partial charge is 0.261 e. The van der Waals surface area contributed by atoms with Crippen LogP contribution in [0, 0.1) is 6.92 Å². The Morgan fingerprint density at radius 1 is 1.17 bits per heavy atom. The van der Waals surface area contributed by atoms with Gasteiger partial charge in [0.1, 0.15) is 11.8 Å². The van der Waals surface area contributed by atoms with Gasteiger partial charge in [-0.3, -0.25) is 9.59 Å². The summed E-state index contributed by atoms with van der Waals surface area (Å²) >= 11 is 3.46. The number of benzene rings is 2. The predicted molar refractivity (Wildman–Crippen MR) is 119 cm³/mol. The number of rotatable bonds is 10. The Kier molecular flexibility index (Phi) is 9.19. The first-order valence-electron chi connectivity index (χ1n) is 9.92. The van der Waals surface area contributed by atoms with E-state index in [1.54, 1.807) is 11.8 Å². The second-order valence-corrected chi connectivity index (χ2v) is 7.94. The fourth-order valence-corrected chi connectivity index (χ4v) is 3.34. The fraction of sp³-hybridized carbons (Fsp3) is 0.391. The lowest BCUT2D eigenvalue weighted by Crippen LogP contribution is -2.49. The van der Waals surface area contributed by atoms with Crippen molar-refractivity contribution in [2.24, 2.45) is 0 Å². The highest BCUT2D eigenvalue weighted by Gasteiger charge is 2.26. The quantitative estimate of drug-likeness (QED) is 0.532. The third kappa shape index (κ3) is 7.20. The Morgan fingerprint density at radius 2 is 1.93 bits per heavy atom. The fourth-order valence-electron chi connectivity index (χ4n) is 2.89. The van der Waals surface area contributed by atoms with E-state index in [9.17, 15) is 9.59 Å². The molecule has 2 aromatic carbocycles. The van der Waals surface area contributed by atoms with Crippen molar-refractivity contribution < 1.29 is 14.3 Å². The maximum atomic E-state index is 13.0. The summed E-state index contributed by atoms with van der Waals surface area (Å²) in [7, 11) is 0. The van der Waals surface area contributed by atoms with Gasteiger partial charge in [-0.15, -0.1) is 0 Å². The number of nitrogens with one attached hydrogen (secondary N) is 1. The van der Waals surface area contributed by atoms with Gasteiger partial charge in [0, 0.05) is 17.6 Å². The molecule has 0 aliphatic carbocycles. The molecule has 0 radical (unpaired) electrons. The third-order valence-corrected chi connectivity index (χ3v) is 5.18. The minimum Gasteiger partial charge on any atom is -0.484 e. The first kappa shape index (κ1) is 22.9. The van der Waals surface area contributed by atoms with Crippen LogP contribution in [0.2, 0.25) is 0 Å². The van der Waals surface area contributed by atoms with Gasteiger partial charge >= 0.3 is 0 Å². The van der Waals surface area contributed by atoms with Crippen LogP contribution in [0.3, 0.4) is 0 Å². The summed E-state index contributed by atoms with van der Waals surface area (Å²) in [5, 5.41) is 2.92. The SMILES string of the molecule is CCCCNC(=O)[C@@H](C)N(Cc1cccc(Br)c1)C(=O)COc1ccccc1C. The second kappa shape index (κ2) is 11.6. The maximum absolute atomic E-state index is 13.0. The number of carbonyl (C=O) groups excluding carboxylic acids is 2. The molecule has 2 rings (SSSR count). The molecular formula is C23H29BrN2O3. The predicted octanol–water partition coefficient (Wildman–Crippen LogP) is 4.47. The van der Waals surface area contributed by atoms with Crippen LogP contribution in [0.1, 0.15) is 37.8 Å². The third-order valence-electron chi connectivity index (χ3n) is 4.68. The molecule has 6 heteroatoms. The molecule has 0 fully saturated rings. The zero-order chi connectivity index (χ0) is 21.2. The summed E-state index contributed by atoms with van der Waals surface area (Å²) in [4.78, 5) is 27.2. The monoisotopic (exact) mass is 460 g/mol. The van der Waals surface area contributed by atoms with Crippen LogP contribution in [-0.2, 0) is 16.1 Å². The lowest BCUT2D eigenvalue weighted by atomic mass is 10.1. The van der Waals surface area contributed by atoms with Crippen molar-refractivity contribution in [3.63, 3.8) is 0 Å². The molecule has 2 aromatic rings. The minimum absolute atomic E-state index is 0.120. The topological polar surface area (TPSA) is 58.6 Å². The second-order valence-electron chi connectivity index (χ2n) is 7.03. The first-order valence-corrected chi connectivity index (χ1v) is 10.7. The van der Waals surface area contributed by atoms with Gasteiger partial charge in [-0.1, -0.05) is 59.6 Å². The van der Waals surface area contributed by atoms with Crippen LogP contribution in [-0.4, -0.2) is 35.9 Å². The van der Waals surface area contributed by atoms with E-state index in [-0.39, 0.29) is 18.4 Å². The average molecular weight is 461 g/mol. The molecule has 2 amide bonds. The number of halogens is 1. The number of ether oxygens (including phenoxy) is 1. The molecular weight excluding hydrogens is 432 g/mol. The number of hydrogen-bond acceptors (Lipinski definition) is 3. The molecule has 0 aromatic heterocycles. The number of aryl methyl sites for hydroxylation is 1. The molecule has 1 atom stereocenters. The molecule has 0 aliphatic heterocycles. The van der Waals surface area contributed by atoms with E-state index in [1.165, 1.54) is 0 Å². The van der Waals surface area contributed by atoms with E-state index in [0.29, 0.717) is 18.8 Å². The van der Waals surface area contributed by atoms with E-state index in [1.807, 2.05) is 55.5 Å². The molecule has 1 N–H and O–H groups in total. The van der Waals surface area contributed by atoms with Gasteiger partial charge < -0.3 is 15.0 Å². The highest BCUT2D eigenvalue weighted by molar-refractivity contribution is 9.10. The van der Waals surface area contributed by atoms with E-state index in [4.69, 9.17) is 4.74 Å². The van der Waals surface area contributed by atoms with Crippen molar-refractivity contribution in [2.75, 3.05) is 13.2 Å². The molecule has 0 saturated heterocycles. The summed E-state index contributed by atoms with van der Waals surface area (Å²) in [6.07, 6.45) is 1.91. The van der Waals surface area contributed by atoms with Crippen molar-refractivity contribution >= 4 is 27.7 Å². The summed E-state index contributed by atoms with van der Waals surface area (Å²) < 4.78 is 6.67. The molecule has 0 saturated carbocycles. The number of carbonyl (C=O) groups is 2. The molecule has 5 nitrogen and oxygen atoms in total. The summed E-state index contributed by atoms with van der Waals surface area (Å²) in [5.41, 5.74) is 1.90. The van der Waals surface area contributed by atoms with Crippen molar-refractivity contribution in [1.82, 2.24) is 10.2 Å². The van der Waals surface area contributed by atoms with E-state index >= 15 is 0 Å².